The maximum absolute atomic E-state index is 12.5. The fourth-order valence-electron chi connectivity index (χ4n) is 3.63. The maximum atomic E-state index is 12.5. The standard InChI is InChI=1S/C24H30N4O3/c1-28(2)24(31)17-11-13-20(14-12-17)26-22(29)16-25-21-10-6-7-18(15-21)23(30)27-19-8-4-3-5-9-19/h6-7,10-15,19,25H,3-5,8-9,16H2,1-2H3,(H,26,29)(H,27,30). The van der Waals surface area contributed by atoms with Gasteiger partial charge in [-0.25, -0.2) is 0 Å². The molecule has 2 aromatic carbocycles. The van der Waals surface area contributed by atoms with Gasteiger partial charge < -0.3 is 20.9 Å². The van der Waals surface area contributed by atoms with Crippen LogP contribution < -0.4 is 16.0 Å². The molecule has 1 saturated carbocycles. The first-order valence-electron chi connectivity index (χ1n) is 10.7. The van der Waals surface area contributed by atoms with E-state index in [2.05, 4.69) is 16.0 Å². The van der Waals surface area contributed by atoms with Crippen LogP contribution in [0.2, 0.25) is 0 Å². The van der Waals surface area contributed by atoms with Crippen molar-refractivity contribution in [3.8, 4) is 0 Å². The monoisotopic (exact) mass is 422 g/mol. The van der Waals surface area contributed by atoms with Crippen LogP contribution in [0.15, 0.2) is 48.5 Å². The zero-order chi connectivity index (χ0) is 22.2. The fourth-order valence-corrected chi connectivity index (χ4v) is 3.63. The molecule has 3 amide bonds. The summed E-state index contributed by atoms with van der Waals surface area (Å²) >= 11 is 0. The molecular weight excluding hydrogens is 392 g/mol. The number of benzene rings is 2. The SMILES string of the molecule is CN(C)C(=O)c1ccc(NC(=O)CNc2cccc(C(=O)NC3CCCCC3)c2)cc1. The lowest BCUT2D eigenvalue weighted by Crippen LogP contribution is -2.36. The largest absolute Gasteiger partial charge is 0.376 e. The predicted molar refractivity (Wildman–Crippen MR) is 122 cm³/mol. The third-order valence-corrected chi connectivity index (χ3v) is 5.34. The minimum Gasteiger partial charge on any atom is -0.376 e. The zero-order valence-corrected chi connectivity index (χ0v) is 18.1. The first-order valence-corrected chi connectivity index (χ1v) is 10.7. The molecule has 7 heteroatoms. The van der Waals surface area contributed by atoms with Crippen LogP contribution in [0, 0.1) is 0 Å². The number of rotatable bonds is 7. The molecule has 0 aliphatic heterocycles. The molecule has 0 spiro atoms. The summed E-state index contributed by atoms with van der Waals surface area (Å²) in [5.74, 6) is -0.386. The summed E-state index contributed by atoms with van der Waals surface area (Å²) in [6.07, 6.45) is 5.64. The maximum Gasteiger partial charge on any atom is 0.253 e. The number of hydrogen-bond acceptors (Lipinski definition) is 4. The summed E-state index contributed by atoms with van der Waals surface area (Å²) in [6.45, 7) is 0.0616. The van der Waals surface area contributed by atoms with Crippen molar-refractivity contribution >= 4 is 29.1 Å². The van der Waals surface area contributed by atoms with Crippen LogP contribution in [0.3, 0.4) is 0 Å². The third kappa shape index (κ3) is 6.57. The van der Waals surface area contributed by atoms with Crippen molar-refractivity contribution < 1.29 is 14.4 Å². The Morgan fingerprint density at radius 3 is 2.29 bits per heavy atom. The topological polar surface area (TPSA) is 90.5 Å². The molecule has 2 aromatic rings. The van der Waals surface area contributed by atoms with E-state index in [1.54, 1.807) is 56.6 Å². The molecule has 0 atom stereocenters. The molecular formula is C24H30N4O3. The van der Waals surface area contributed by atoms with Crippen molar-refractivity contribution in [3.63, 3.8) is 0 Å². The second-order valence-electron chi connectivity index (χ2n) is 8.07. The van der Waals surface area contributed by atoms with Crippen molar-refractivity contribution in [2.45, 2.75) is 38.1 Å². The molecule has 1 aliphatic carbocycles. The summed E-state index contributed by atoms with van der Waals surface area (Å²) in [5, 5.41) is 8.96. The summed E-state index contributed by atoms with van der Waals surface area (Å²) in [6, 6.07) is 14.2. The quantitative estimate of drug-likeness (QED) is 0.637. The van der Waals surface area contributed by atoms with Crippen molar-refractivity contribution in [3.05, 3.63) is 59.7 Å². The lowest BCUT2D eigenvalue weighted by atomic mass is 9.95. The van der Waals surface area contributed by atoms with Crippen molar-refractivity contribution in [2.75, 3.05) is 31.3 Å². The first kappa shape index (κ1) is 22.3. The molecule has 164 valence electrons. The summed E-state index contributed by atoms with van der Waals surface area (Å²) in [5.41, 5.74) is 2.46. The van der Waals surface area contributed by atoms with Crippen LogP contribution in [0.4, 0.5) is 11.4 Å². The van der Waals surface area contributed by atoms with E-state index < -0.39 is 0 Å². The van der Waals surface area contributed by atoms with E-state index in [1.807, 2.05) is 6.07 Å². The molecule has 0 aromatic heterocycles. The molecule has 3 N–H and O–H groups in total. The van der Waals surface area contributed by atoms with E-state index >= 15 is 0 Å². The molecule has 1 aliphatic rings. The molecule has 0 saturated heterocycles. The Morgan fingerprint density at radius 1 is 0.903 bits per heavy atom. The van der Waals surface area contributed by atoms with Crippen LogP contribution >= 0.6 is 0 Å². The molecule has 0 bridgehead atoms. The number of hydrogen-bond donors (Lipinski definition) is 3. The van der Waals surface area contributed by atoms with Gasteiger partial charge in [-0.05, 0) is 55.3 Å². The Hall–Kier alpha value is -3.35. The van der Waals surface area contributed by atoms with Crippen LogP contribution in [-0.4, -0.2) is 49.3 Å². The van der Waals surface area contributed by atoms with Gasteiger partial charge in [0.1, 0.15) is 0 Å². The Labute approximate surface area is 183 Å². The van der Waals surface area contributed by atoms with Gasteiger partial charge >= 0.3 is 0 Å². The van der Waals surface area contributed by atoms with Crippen molar-refractivity contribution in [1.29, 1.82) is 0 Å². The Morgan fingerprint density at radius 2 is 1.61 bits per heavy atom. The Balaban J connectivity index is 1.50. The highest BCUT2D eigenvalue weighted by Crippen LogP contribution is 2.18. The van der Waals surface area contributed by atoms with Gasteiger partial charge in [-0.3, -0.25) is 14.4 Å². The van der Waals surface area contributed by atoms with Gasteiger partial charge in [0, 0.05) is 42.6 Å². The Kier molecular flexibility index (Phi) is 7.65. The number of carbonyl (C=O) groups is 3. The smallest absolute Gasteiger partial charge is 0.253 e. The number of carbonyl (C=O) groups excluding carboxylic acids is 3. The fraction of sp³-hybridized carbons (Fsp3) is 0.375. The van der Waals surface area contributed by atoms with E-state index in [0.717, 1.165) is 25.7 Å². The van der Waals surface area contributed by atoms with Crippen molar-refractivity contribution in [1.82, 2.24) is 10.2 Å². The minimum atomic E-state index is -0.219. The summed E-state index contributed by atoms with van der Waals surface area (Å²) in [7, 11) is 3.39. The van der Waals surface area contributed by atoms with Gasteiger partial charge in [0.25, 0.3) is 11.8 Å². The molecule has 3 rings (SSSR count). The molecule has 0 radical (unpaired) electrons. The van der Waals surface area contributed by atoms with Gasteiger partial charge in [0.2, 0.25) is 5.91 Å². The van der Waals surface area contributed by atoms with Gasteiger partial charge in [-0.2, -0.15) is 0 Å². The molecule has 7 nitrogen and oxygen atoms in total. The van der Waals surface area contributed by atoms with Crippen LogP contribution in [-0.2, 0) is 4.79 Å². The van der Waals surface area contributed by atoms with E-state index in [9.17, 15) is 14.4 Å². The molecule has 31 heavy (non-hydrogen) atoms. The average molecular weight is 423 g/mol. The van der Waals surface area contributed by atoms with Gasteiger partial charge in [0.15, 0.2) is 0 Å². The van der Waals surface area contributed by atoms with Gasteiger partial charge in [-0.15, -0.1) is 0 Å². The average Bonchev–Trinajstić information content (AvgIpc) is 2.78. The van der Waals surface area contributed by atoms with Gasteiger partial charge in [0.05, 0.1) is 6.54 Å². The highest BCUT2D eigenvalue weighted by molar-refractivity contribution is 5.97. The minimum absolute atomic E-state index is 0.0616. The summed E-state index contributed by atoms with van der Waals surface area (Å²) in [4.78, 5) is 38.2. The number of anilines is 2. The molecule has 0 heterocycles. The van der Waals surface area contributed by atoms with Gasteiger partial charge in [-0.1, -0.05) is 25.3 Å². The normalized spacial score (nSPS) is 13.9. The third-order valence-electron chi connectivity index (χ3n) is 5.34. The lowest BCUT2D eigenvalue weighted by molar-refractivity contribution is -0.114. The van der Waals surface area contributed by atoms with E-state index in [-0.39, 0.29) is 30.3 Å². The predicted octanol–water partition coefficient (Wildman–Crippen LogP) is 3.50. The highest BCUT2D eigenvalue weighted by atomic mass is 16.2. The number of amides is 3. The zero-order valence-electron chi connectivity index (χ0n) is 18.1. The van der Waals surface area contributed by atoms with Crippen LogP contribution in [0.1, 0.15) is 52.8 Å². The second kappa shape index (κ2) is 10.6. The Bertz CT molecular complexity index is 919. The highest BCUT2D eigenvalue weighted by Gasteiger charge is 2.17. The second-order valence-corrected chi connectivity index (χ2v) is 8.07. The number of nitrogens with one attached hydrogen (secondary N) is 3. The molecule has 1 fully saturated rings. The summed E-state index contributed by atoms with van der Waals surface area (Å²) < 4.78 is 0. The van der Waals surface area contributed by atoms with Crippen molar-refractivity contribution in [2.24, 2.45) is 0 Å². The molecule has 0 unspecified atom stereocenters. The van der Waals surface area contributed by atoms with Crippen LogP contribution in [0.5, 0.6) is 0 Å². The number of nitrogens with zero attached hydrogens (tertiary/aromatic N) is 1. The first-order chi connectivity index (χ1) is 14.9. The van der Waals surface area contributed by atoms with E-state index in [0.29, 0.717) is 22.5 Å². The van der Waals surface area contributed by atoms with E-state index in [4.69, 9.17) is 0 Å². The van der Waals surface area contributed by atoms with E-state index in [1.165, 1.54) is 11.3 Å². The van der Waals surface area contributed by atoms with Crippen LogP contribution in [0.25, 0.3) is 0 Å². The lowest BCUT2D eigenvalue weighted by Gasteiger charge is -2.22.